The lowest BCUT2D eigenvalue weighted by molar-refractivity contribution is -0.114. The van der Waals surface area contributed by atoms with Crippen LogP contribution in [0.3, 0.4) is 0 Å². The van der Waals surface area contributed by atoms with Gasteiger partial charge in [0.25, 0.3) is 0 Å². The lowest BCUT2D eigenvalue weighted by Gasteiger charge is -2.28. The van der Waals surface area contributed by atoms with Gasteiger partial charge in [0.2, 0.25) is 17.2 Å². The summed E-state index contributed by atoms with van der Waals surface area (Å²) in [4.78, 5) is 24.6. The van der Waals surface area contributed by atoms with Gasteiger partial charge in [0.05, 0.1) is 19.8 Å². The van der Waals surface area contributed by atoms with Gasteiger partial charge in [0.1, 0.15) is 5.75 Å². The van der Waals surface area contributed by atoms with Crippen molar-refractivity contribution in [3.8, 4) is 5.75 Å². The summed E-state index contributed by atoms with van der Waals surface area (Å²) in [5.41, 5.74) is -1.17. The number of carbonyl (C=O) groups is 2. The van der Waals surface area contributed by atoms with Gasteiger partial charge in [-0.15, -0.1) is 0 Å². The van der Waals surface area contributed by atoms with E-state index in [1.165, 1.54) is 32.4 Å². The summed E-state index contributed by atoms with van der Waals surface area (Å²) in [6.45, 7) is 0. The fourth-order valence-electron chi connectivity index (χ4n) is 2.44. The highest BCUT2D eigenvalue weighted by Gasteiger charge is 2.53. The molecule has 0 unspecified atom stereocenters. The Hall–Kier alpha value is -2.27. The van der Waals surface area contributed by atoms with Crippen molar-refractivity contribution in [1.82, 2.24) is 0 Å². The first-order valence-corrected chi connectivity index (χ1v) is 6.50. The van der Waals surface area contributed by atoms with Crippen LogP contribution in [0.4, 0.5) is 0 Å². The molecule has 0 saturated heterocycles. The van der Waals surface area contributed by atoms with Crippen LogP contribution in [0.1, 0.15) is 10.4 Å². The van der Waals surface area contributed by atoms with Gasteiger partial charge in [-0.3, -0.25) is 9.59 Å². The molecule has 0 amide bonds. The predicted molar refractivity (Wildman–Crippen MR) is 74.3 cm³/mol. The molecule has 2 aliphatic rings. The summed E-state index contributed by atoms with van der Waals surface area (Å²) in [6, 6.07) is 4.75. The van der Waals surface area contributed by atoms with Crippen LogP contribution in [0.2, 0.25) is 5.02 Å². The molecule has 0 aromatic heterocycles. The Morgan fingerprint density at radius 2 is 1.95 bits per heavy atom. The van der Waals surface area contributed by atoms with Gasteiger partial charge < -0.3 is 14.2 Å². The van der Waals surface area contributed by atoms with Gasteiger partial charge in [-0.25, -0.2) is 0 Å². The van der Waals surface area contributed by atoms with Crippen LogP contribution < -0.4 is 4.74 Å². The van der Waals surface area contributed by atoms with Crippen molar-refractivity contribution in [1.29, 1.82) is 0 Å². The van der Waals surface area contributed by atoms with E-state index >= 15 is 0 Å². The van der Waals surface area contributed by atoms with E-state index < -0.39 is 5.60 Å². The van der Waals surface area contributed by atoms with E-state index in [9.17, 15) is 9.59 Å². The number of ether oxygens (including phenoxy) is 3. The number of Topliss-reactive ketones (excluding diaryl/α,β-unsaturated/α-hetero) is 1. The Balaban J connectivity index is 2.17. The molecular weight excluding hydrogens is 296 g/mol. The highest BCUT2D eigenvalue weighted by atomic mass is 35.5. The molecule has 1 atom stereocenters. The third-order valence-corrected chi connectivity index (χ3v) is 3.67. The normalized spacial score (nSPS) is 23.4. The molecular formula is C15H11ClO5. The molecule has 1 aliphatic carbocycles. The summed E-state index contributed by atoms with van der Waals surface area (Å²) in [6.07, 6.45) is 2.54. The van der Waals surface area contributed by atoms with Crippen LogP contribution in [0.15, 0.2) is 41.9 Å². The van der Waals surface area contributed by atoms with Crippen LogP contribution in [0.25, 0.3) is 0 Å². The number of ketones is 2. The molecule has 6 heteroatoms. The van der Waals surface area contributed by atoms with Gasteiger partial charge in [-0.1, -0.05) is 11.6 Å². The largest absolute Gasteiger partial charge is 0.496 e. The minimum absolute atomic E-state index is 0.0306. The molecule has 5 nitrogen and oxygen atoms in total. The van der Waals surface area contributed by atoms with Crippen molar-refractivity contribution >= 4 is 23.2 Å². The highest BCUT2D eigenvalue weighted by molar-refractivity contribution is 6.31. The maximum Gasteiger partial charge on any atom is 0.250 e. The third kappa shape index (κ3) is 1.85. The van der Waals surface area contributed by atoms with Crippen LogP contribution >= 0.6 is 11.6 Å². The number of allylic oxidation sites excluding steroid dienone is 1. The summed E-state index contributed by atoms with van der Waals surface area (Å²) >= 11 is 5.92. The van der Waals surface area contributed by atoms with Crippen molar-refractivity contribution in [2.24, 2.45) is 0 Å². The zero-order chi connectivity index (χ0) is 15.2. The first kappa shape index (κ1) is 13.7. The van der Waals surface area contributed by atoms with E-state index in [1.807, 2.05) is 0 Å². The molecule has 1 heterocycles. The van der Waals surface area contributed by atoms with Gasteiger partial charge >= 0.3 is 0 Å². The Kier molecular flexibility index (Phi) is 3.02. The number of carbonyl (C=O) groups excluding carboxylic acids is 2. The number of rotatable bonds is 2. The minimum Gasteiger partial charge on any atom is -0.496 e. The molecule has 21 heavy (non-hydrogen) atoms. The highest BCUT2D eigenvalue weighted by Crippen LogP contribution is 2.43. The second kappa shape index (κ2) is 4.63. The average molecular weight is 307 g/mol. The van der Waals surface area contributed by atoms with Gasteiger partial charge in [-0.2, -0.15) is 0 Å². The van der Waals surface area contributed by atoms with Crippen molar-refractivity contribution in [2.45, 2.75) is 5.60 Å². The van der Waals surface area contributed by atoms with Crippen LogP contribution in [0.5, 0.6) is 5.75 Å². The molecule has 0 N–H and O–H groups in total. The van der Waals surface area contributed by atoms with Crippen molar-refractivity contribution in [3.05, 3.63) is 52.5 Å². The number of halogens is 1. The zero-order valence-corrected chi connectivity index (χ0v) is 12.1. The molecule has 108 valence electrons. The molecule has 1 aromatic carbocycles. The smallest absolute Gasteiger partial charge is 0.250 e. The standard InChI is InChI=1S/C15H11ClO5/c1-19-12-7-15(13(20-2)6-10(12)17)14(18)9-5-8(16)3-4-11(9)21-15/h3-7H,1-2H3/t15-/m0/s1. The molecule has 0 bridgehead atoms. The summed E-state index contributed by atoms with van der Waals surface area (Å²) in [5, 5.41) is 0.425. The SMILES string of the molecule is COC1=C[C@]2(Oc3ccc(Cl)cc3C2=O)C(OC)=CC1=O. The number of hydrogen-bond acceptors (Lipinski definition) is 5. The Labute approximate surface area is 125 Å². The van der Waals surface area contributed by atoms with Gasteiger partial charge in [0.15, 0.2) is 11.5 Å². The molecule has 1 aromatic rings. The topological polar surface area (TPSA) is 61.8 Å². The monoisotopic (exact) mass is 306 g/mol. The first-order valence-electron chi connectivity index (χ1n) is 6.12. The van der Waals surface area contributed by atoms with Crippen LogP contribution in [0, 0.1) is 0 Å². The maximum atomic E-state index is 12.7. The lowest BCUT2D eigenvalue weighted by atomic mass is 9.88. The zero-order valence-electron chi connectivity index (χ0n) is 11.3. The Bertz CT molecular complexity index is 719. The van der Waals surface area contributed by atoms with E-state index in [1.54, 1.807) is 12.1 Å². The predicted octanol–water partition coefficient (Wildman–Crippen LogP) is 2.30. The van der Waals surface area contributed by atoms with Crippen molar-refractivity contribution in [3.63, 3.8) is 0 Å². The summed E-state index contributed by atoms with van der Waals surface area (Å²) < 4.78 is 16.0. The second-order valence-corrected chi connectivity index (χ2v) is 5.03. The van der Waals surface area contributed by atoms with E-state index in [4.69, 9.17) is 25.8 Å². The summed E-state index contributed by atoms with van der Waals surface area (Å²) in [7, 11) is 2.73. The first-order chi connectivity index (χ1) is 10.0. The Morgan fingerprint density at radius 3 is 2.62 bits per heavy atom. The molecule has 1 spiro atoms. The number of methoxy groups -OCH3 is 2. The molecule has 0 radical (unpaired) electrons. The maximum absolute atomic E-state index is 12.7. The van der Waals surface area contributed by atoms with Crippen LogP contribution in [-0.2, 0) is 14.3 Å². The molecule has 3 rings (SSSR count). The van der Waals surface area contributed by atoms with E-state index in [-0.39, 0.29) is 23.1 Å². The van der Waals surface area contributed by atoms with Crippen molar-refractivity contribution in [2.75, 3.05) is 14.2 Å². The molecule has 0 fully saturated rings. The number of benzene rings is 1. The quantitative estimate of drug-likeness (QED) is 0.839. The van der Waals surface area contributed by atoms with E-state index in [0.29, 0.717) is 16.3 Å². The van der Waals surface area contributed by atoms with Gasteiger partial charge in [0, 0.05) is 17.2 Å². The van der Waals surface area contributed by atoms with Crippen LogP contribution in [-0.4, -0.2) is 31.4 Å². The summed E-state index contributed by atoms with van der Waals surface area (Å²) in [5.74, 6) is -0.206. The van der Waals surface area contributed by atoms with Crippen molar-refractivity contribution < 1.29 is 23.8 Å². The number of hydrogen-bond donors (Lipinski definition) is 0. The van der Waals surface area contributed by atoms with E-state index in [0.717, 1.165) is 0 Å². The molecule has 1 aliphatic heterocycles. The fraction of sp³-hybridized carbons (Fsp3) is 0.200. The third-order valence-electron chi connectivity index (χ3n) is 3.44. The Morgan fingerprint density at radius 1 is 1.19 bits per heavy atom. The second-order valence-electron chi connectivity index (χ2n) is 4.60. The lowest BCUT2D eigenvalue weighted by Crippen LogP contribution is -2.44. The fourth-order valence-corrected chi connectivity index (χ4v) is 2.61. The number of fused-ring (bicyclic) bond motifs is 1. The molecule has 0 saturated carbocycles. The van der Waals surface area contributed by atoms with E-state index in [2.05, 4.69) is 0 Å². The minimum atomic E-state index is -1.51. The van der Waals surface area contributed by atoms with Gasteiger partial charge in [-0.05, 0) is 18.2 Å². The average Bonchev–Trinajstić information content (AvgIpc) is 2.75.